The lowest BCUT2D eigenvalue weighted by atomic mass is 10.2. The van der Waals surface area contributed by atoms with Gasteiger partial charge in [-0.3, -0.25) is 9.59 Å². The van der Waals surface area contributed by atoms with E-state index < -0.39 is 0 Å². The maximum atomic E-state index is 12.7. The van der Waals surface area contributed by atoms with Gasteiger partial charge in [-0.05, 0) is 48.9 Å². The molecule has 0 saturated carbocycles. The van der Waals surface area contributed by atoms with E-state index in [1.54, 1.807) is 16.7 Å². The largest absolute Gasteiger partial charge is 0.337 e. The smallest absolute Gasteiger partial charge is 0.279 e. The number of nitrogens with zero attached hydrogens (tertiary/aromatic N) is 1. The van der Waals surface area contributed by atoms with Crippen LogP contribution in [0.3, 0.4) is 0 Å². The molecule has 0 aliphatic carbocycles. The molecule has 0 aromatic heterocycles. The average Bonchev–Trinajstić information content (AvgIpc) is 2.70. The van der Waals surface area contributed by atoms with Crippen LogP contribution in [-0.2, 0) is 16.1 Å². The molecule has 1 atom stereocenters. The Balaban J connectivity index is 1.91. The lowest BCUT2D eigenvalue weighted by Gasteiger charge is -2.22. The maximum Gasteiger partial charge on any atom is 0.279 e. The summed E-state index contributed by atoms with van der Waals surface area (Å²) in [4.78, 5) is 29.1. The van der Waals surface area contributed by atoms with E-state index in [1.165, 1.54) is 4.90 Å². The van der Waals surface area contributed by atoms with Crippen molar-refractivity contribution in [1.82, 2.24) is 4.90 Å². The summed E-state index contributed by atoms with van der Waals surface area (Å²) in [5.74, 6) is -0.0167. The molecule has 156 valence electrons. The zero-order chi connectivity index (χ0) is 21.2. The second-order valence-electron chi connectivity index (χ2n) is 7.31. The molecule has 0 aliphatic rings. The van der Waals surface area contributed by atoms with Gasteiger partial charge in [-0.25, -0.2) is 0 Å². The van der Waals surface area contributed by atoms with Crippen LogP contribution in [0.2, 0.25) is 0 Å². The highest BCUT2D eigenvalue weighted by Gasteiger charge is 2.20. The molecule has 0 heterocycles. The van der Waals surface area contributed by atoms with Gasteiger partial charge < -0.3 is 15.1 Å². The summed E-state index contributed by atoms with van der Waals surface area (Å²) in [7, 11) is 1.82. The second kappa shape index (κ2) is 11.6. The van der Waals surface area contributed by atoms with Crippen LogP contribution in [0.25, 0.3) is 0 Å². The Bertz CT molecular complexity index is 808. The normalized spacial score (nSPS) is 11.7. The molecule has 0 aliphatic heterocycles. The third-order valence-electron chi connectivity index (χ3n) is 4.84. The van der Waals surface area contributed by atoms with E-state index in [0.29, 0.717) is 13.1 Å². The van der Waals surface area contributed by atoms with Gasteiger partial charge in [0.05, 0.1) is 6.54 Å². The van der Waals surface area contributed by atoms with Gasteiger partial charge in [-0.2, -0.15) is 0 Å². The van der Waals surface area contributed by atoms with E-state index >= 15 is 0 Å². The number of anilines is 1. The van der Waals surface area contributed by atoms with Crippen LogP contribution in [-0.4, -0.2) is 49.7 Å². The minimum absolute atomic E-state index is 0.0473. The molecule has 1 unspecified atom stereocenters. The average molecular weight is 415 g/mol. The van der Waals surface area contributed by atoms with Crippen molar-refractivity contribution >= 4 is 29.3 Å². The lowest BCUT2D eigenvalue weighted by molar-refractivity contribution is -0.883. The second-order valence-corrected chi connectivity index (χ2v) is 8.19. The first-order valence-electron chi connectivity index (χ1n) is 9.98. The zero-order valence-corrected chi connectivity index (χ0v) is 18.6. The minimum Gasteiger partial charge on any atom is -0.337 e. The van der Waals surface area contributed by atoms with Gasteiger partial charge in [0.2, 0.25) is 0 Å². The molecular weight excluding hydrogens is 382 g/mol. The third kappa shape index (κ3) is 7.55. The van der Waals surface area contributed by atoms with Gasteiger partial charge in [0.25, 0.3) is 11.8 Å². The van der Waals surface area contributed by atoms with Gasteiger partial charge in [0.1, 0.15) is 0 Å². The van der Waals surface area contributed by atoms with Gasteiger partial charge in [0.15, 0.2) is 13.1 Å². The number of thioether (sulfide) groups is 1. The number of hydrogen-bond acceptors (Lipinski definition) is 3. The highest BCUT2D eigenvalue weighted by Crippen LogP contribution is 2.15. The van der Waals surface area contributed by atoms with E-state index in [-0.39, 0.29) is 18.4 Å². The van der Waals surface area contributed by atoms with Crippen molar-refractivity contribution in [3.63, 3.8) is 0 Å². The topological polar surface area (TPSA) is 53.9 Å². The number of likely N-dealkylation sites (N-methyl/N-ethyl adjacent to an activating group) is 1. The molecule has 2 aromatic rings. The molecule has 2 rings (SSSR count). The molecular formula is C23H32N3O2S+. The molecule has 2 aromatic carbocycles. The van der Waals surface area contributed by atoms with Crippen molar-refractivity contribution in [3.8, 4) is 0 Å². The van der Waals surface area contributed by atoms with E-state index in [2.05, 4.69) is 36.5 Å². The van der Waals surface area contributed by atoms with Crippen LogP contribution >= 0.6 is 11.8 Å². The highest BCUT2D eigenvalue weighted by atomic mass is 32.2. The van der Waals surface area contributed by atoms with E-state index in [1.807, 2.05) is 44.5 Å². The molecule has 0 fully saturated rings. The standard InChI is InChI=1S/C23H31N3O2S/c1-5-14-26(16-22(27)24-21-9-7-6-8-18(21)2)17-23(28)25(3)15-19-10-12-20(29-4)13-11-19/h6-13H,5,14-17H2,1-4H3,(H,24,27)/p+1. The number of amides is 2. The Kier molecular flexibility index (Phi) is 9.22. The van der Waals surface area contributed by atoms with Crippen molar-refractivity contribution in [1.29, 1.82) is 0 Å². The van der Waals surface area contributed by atoms with Crippen molar-refractivity contribution in [2.75, 3.05) is 38.3 Å². The first-order chi connectivity index (χ1) is 13.9. The van der Waals surface area contributed by atoms with Crippen molar-refractivity contribution in [2.45, 2.75) is 31.7 Å². The van der Waals surface area contributed by atoms with Crippen molar-refractivity contribution < 1.29 is 14.5 Å². The van der Waals surface area contributed by atoms with Gasteiger partial charge in [-0.1, -0.05) is 37.3 Å². The van der Waals surface area contributed by atoms with Crippen LogP contribution in [0.1, 0.15) is 24.5 Å². The third-order valence-corrected chi connectivity index (χ3v) is 5.58. The Morgan fingerprint density at radius 1 is 1.07 bits per heavy atom. The molecule has 0 saturated heterocycles. The van der Waals surface area contributed by atoms with Crippen molar-refractivity contribution in [2.24, 2.45) is 0 Å². The molecule has 0 bridgehead atoms. The number of rotatable bonds is 10. The fraction of sp³-hybridized carbons (Fsp3) is 0.391. The minimum atomic E-state index is -0.0640. The summed E-state index contributed by atoms with van der Waals surface area (Å²) < 4.78 is 0. The monoisotopic (exact) mass is 414 g/mol. The number of nitrogens with one attached hydrogen (secondary N) is 2. The number of hydrogen-bond donors (Lipinski definition) is 2. The maximum absolute atomic E-state index is 12.7. The molecule has 0 radical (unpaired) electrons. The van der Waals surface area contributed by atoms with Crippen LogP contribution < -0.4 is 10.2 Å². The SMILES string of the molecule is CCC[NH+](CC(=O)Nc1ccccc1C)CC(=O)N(C)Cc1ccc(SC)cc1. The summed E-state index contributed by atoms with van der Waals surface area (Å²) in [6, 6.07) is 16.0. The van der Waals surface area contributed by atoms with Crippen LogP contribution in [0.15, 0.2) is 53.4 Å². The number of carbonyl (C=O) groups excluding carboxylic acids is 2. The Morgan fingerprint density at radius 2 is 1.76 bits per heavy atom. The number of para-hydroxylation sites is 1. The van der Waals surface area contributed by atoms with E-state index in [9.17, 15) is 9.59 Å². The lowest BCUT2D eigenvalue weighted by Crippen LogP contribution is -3.14. The van der Waals surface area contributed by atoms with Gasteiger partial charge in [-0.15, -0.1) is 11.8 Å². The molecule has 2 amide bonds. The van der Waals surface area contributed by atoms with E-state index in [0.717, 1.165) is 34.7 Å². The Morgan fingerprint density at radius 3 is 2.38 bits per heavy atom. The number of aryl methyl sites for hydroxylation is 1. The van der Waals surface area contributed by atoms with Gasteiger partial charge >= 0.3 is 0 Å². The summed E-state index contributed by atoms with van der Waals surface area (Å²) >= 11 is 1.70. The predicted octanol–water partition coefficient (Wildman–Crippen LogP) is 2.61. The Hall–Kier alpha value is -2.31. The Labute approximate surface area is 178 Å². The first-order valence-corrected chi connectivity index (χ1v) is 11.2. The van der Waals surface area contributed by atoms with Gasteiger partial charge in [0, 0.05) is 24.2 Å². The van der Waals surface area contributed by atoms with Crippen LogP contribution in [0.4, 0.5) is 5.69 Å². The molecule has 6 heteroatoms. The zero-order valence-electron chi connectivity index (χ0n) is 17.8. The first kappa shape index (κ1) is 23.0. The summed E-state index contributed by atoms with van der Waals surface area (Å²) in [6.07, 6.45) is 2.96. The van der Waals surface area contributed by atoms with Crippen LogP contribution in [0.5, 0.6) is 0 Å². The summed E-state index contributed by atoms with van der Waals surface area (Å²) in [5, 5.41) is 2.97. The summed E-state index contributed by atoms with van der Waals surface area (Å²) in [5.41, 5.74) is 2.96. The van der Waals surface area contributed by atoms with Crippen molar-refractivity contribution in [3.05, 3.63) is 59.7 Å². The number of carbonyl (C=O) groups is 2. The van der Waals surface area contributed by atoms with Crippen LogP contribution in [0, 0.1) is 6.92 Å². The molecule has 2 N–H and O–H groups in total. The summed E-state index contributed by atoms with van der Waals surface area (Å²) in [6.45, 7) is 5.99. The molecule has 5 nitrogen and oxygen atoms in total. The van der Waals surface area contributed by atoms with E-state index in [4.69, 9.17) is 0 Å². The number of benzene rings is 2. The fourth-order valence-corrected chi connectivity index (χ4v) is 3.58. The number of quaternary nitrogens is 1. The molecule has 0 spiro atoms. The highest BCUT2D eigenvalue weighted by molar-refractivity contribution is 7.98. The quantitative estimate of drug-likeness (QED) is 0.588. The molecule has 29 heavy (non-hydrogen) atoms. The predicted molar refractivity (Wildman–Crippen MR) is 120 cm³/mol. The fourth-order valence-electron chi connectivity index (χ4n) is 3.17.